The molecule has 0 saturated heterocycles. The lowest BCUT2D eigenvalue weighted by molar-refractivity contribution is 0.103. The highest BCUT2D eigenvalue weighted by atomic mass is 35.5. The predicted octanol–water partition coefficient (Wildman–Crippen LogP) is 2.42. The first kappa shape index (κ1) is 13.1. The third-order valence-corrected chi connectivity index (χ3v) is 3.89. The molecule has 0 bridgehead atoms. The van der Waals surface area contributed by atoms with E-state index in [9.17, 15) is 4.79 Å². The van der Waals surface area contributed by atoms with E-state index in [-0.39, 0.29) is 5.91 Å². The van der Waals surface area contributed by atoms with Crippen molar-refractivity contribution in [3.8, 4) is 11.8 Å². The van der Waals surface area contributed by atoms with Crippen LogP contribution in [0.5, 0.6) is 0 Å². The SMILES string of the molecule is NCC#Cc1cnc(NC(=O)c2ccc(Cl)s2)s1. The number of nitrogens with zero attached hydrogens (tertiary/aromatic N) is 1. The van der Waals surface area contributed by atoms with Crippen molar-refractivity contribution in [3.05, 3.63) is 32.4 Å². The fourth-order valence-corrected chi connectivity index (χ4v) is 2.75. The van der Waals surface area contributed by atoms with Gasteiger partial charge in [-0.15, -0.1) is 11.3 Å². The molecule has 0 aromatic carbocycles. The largest absolute Gasteiger partial charge is 0.320 e. The minimum Gasteiger partial charge on any atom is -0.320 e. The van der Waals surface area contributed by atoms with Crippen LogP contribution in [0.25, 0.3) is 0 Å². The Bertz CT molecular complexity index is 624. The second-order valence-electron chi connectivity index (χ2n) is 3.09. The summed E-state index contributed by atoms with van der Waals surface area (Å²) < 4.78 is 0.578. The summed E-state index contributed by atoms with van der Waals surface area (Å²) in [6.07, 6.45) is 1.60. The summed E-state index contributed by atoms with van der Waals surface area (Å²) in [7, 11) is 0. The van der Waals surface area contributed by atoms with Crippen LogP contribution < -0.4 is 11.1 Å². The molecule has 0 aliphatic carbocycles. The zero-order chi connectivity index (χ0) is 13.0. The van der Waals surface area contributed by atoms with Gasteiger partial charge in [0.05, 0.1) is 26.8 Å². The maximum Gasteiger partial charge on any atom is 0.267 e. The number of hydrogen-bond acceptors (Lipinski definition) is 5. The van der Waals surface area contributed by atoms with Crippen LogP contribution in [0, 0.1) is 11.8 Å². The van der Waals surface area contributed by atoms with Crippen molar-refractivity contribution in [2.75, 3.05) is 11.9 Å². The van der Waals surface area contributed by atoms with Crippen molar-refractivity contribution in [1.82, 2.24) is 4.98 Å². The van der Waals surface area contributed by atoms with Gasteiger partial charge in [0.15, 0.2) is 5.13 Å². The summed E-state index contributed by atoms with van der Waals surface area (Å²) in [4.78, 5) is 17.2. The van der Waals surface area contributed by atoms with Crippen LogP contribution in [0.1, 0.15) is 14.5 Å². The zero-order valence-corrected chi connectivity index (χ0v) is 11.5. The summed E-state index contributed by atoms with van der Waals surface area (Å²) in [5.41, 5.74) is 5.27. The monoisotopic (exact) mass is 297 g/mol. The third kappa shape index (κ3) is 3.31. The van der Waals surface area contributed by atoms with E-state index in [4.69, 9.17) is 17.3 Å². The molecule has 0 aliphatic rings. The van der Waals surface area contributed by atoms with E-state index in [1.54, 1.807) is 18.3 Å². The molecule has 2 heterocycles. The van der Waals surface area contributed by atoms with Gasteiger partial charge in [-0.1, -0.05) is 34.8 Å². The lowest BCUT2D eigenvalue weighted by Gasteiger charge is -1.96. The van der Waals surface area contributed by atoms with E-state index in [0.29, 0.717) is 20.9 Å². The van der Waals surface area contributed by atoms with Crippen molar-refractivity contribution in [3.63, 3.8) is 0 Å². The average molecular weight is 298 g/mol. The van der Waals surface area contributed by atoms with Gasteiger partial charge >= 0.3 is 0 Å². The molecule has 0 spiro atoms. The Morgan fingerprint density at radius 2 is 2.33 bits per heavy atom. The number of halogens is 1. The number of rotatable bonds is 2. The maximum atomic E-state index is 11.8. The van der Waals surface area contributed by atoms with Gasteiger partial charge in [-0.25, -0.2) is 4.98 Å². The second-order valence-corrected chi connectivity index (χ2v) is 5.84. The molecule has 2 aromatic heterocycles. The number of aromatic nitrogens is 1. The van der Waals surface area contributed by atoms with Crippen molar-refractivity contribution in [2.45, 2.75) is 0 Å². The molecule has 0 unspecified atom stereocenters. The highest BCUT2D eigenvalue weighted by Gasteiger charge is 2.10. The summed E-state index contributed by atoms with van der Waals surface area (Å²) in [5, 5.41) is 3.19. The summed E-state index contributed by atoms with van der Waals surface area (Å²) >= 11 is 8.29. The molecular weight excluding hydrogens is 290 g/mol. The molecule has 4 nitrogen and oxygen atoms in total. The molecule has 2 rings (SSSR count). The zero-order valence-electron chi connectivity index (χ0n) is 9.07. The number of nitrogens with two attached hydrogens (primary N) is 1. The van der Waals surface area contributed by atoms with E-state index in [1.807, 2.05) is 0 Å². The van der Waals surface area contributed by atoms with E-state index in [1.165, 1.54) is 22.7 Å². The lowest BCUT2D eigenvalue weighted by Crippen LogP contribution is -2.09. The minimum absolute atomic E-state index is 0.223. The van der Waals surface area contributed by atoms with Crippen LogP contribution in [0.15, 0.2) is 18.3 Å². The first-order valence-electron chi connectivity index (χ1n) is 4.90. The molecule has 3 N–H and O–H groups in total. The molecule has 2 aromatic rings. The minimum atomic E-state index is -0.223. The molecule has 1 amide bonds. The van der Waals surface area contributed by atoms with Crippen LogP contribution in [0.2, 0.25) is 4.34 Å². The Morgan fingerprint density at radius 3 is 3.00 bits per heavy atom. The number of thiophene rings is 1. The molecule has 0 fully saturated rings. The van der Waals surface area contributed by atoms with Crippen LogP contribution in [-0.2, 0) is 0 Å². The molecule has 18 heavy (non-hydrogen) atoms. The van der Waals surface area contributed by atoms with Crippen LogP contribution in [0.4, 0.5) is 5.13 Å². The first-order valence-corrected chi connectivity index (χ1v) is 6.91. The Labute approximate surface area is 117 Å². The maximum absolute atomic E-state index is 11.8. The molecule has 0 saturated carbocycles. The van der Waals surface area contributed by atoms with Crippen molar-refractivity contribution in [1.29, 1.82) is 0 Å². The number of anilines is 1. The van der Waals surface area contributed by atoms with Gasteiger partial charge in [0.25, 0.3) is 5.91 Å². The quantitative estimate of drug-likeness (QED) is 0.837. The summed E-state index contributed by atoms with van der Waals surface area (Å²) in [6.45, 7) is 0.299. The highest BCUT2D eigenvalue weighted by Crippen LogP contribution is 2.23. The van der Waals surface area contributed by atoms with Crippen LogP contribution >= 0.6 is 34.3 Å². The van der Waals surface area contributed by atoms with Gasteiger partial charge in [-0.2, -0.15) is 0 Å². The van der Waals surface area contributed by atoms with Crippen LogP contribution in [-0.4, -0.2) is 17.4 Å². The molecule has 0 radical (unpaired) electrons. The number of carbonyl (C=O) groups is 1. The molecular formula is C11H8ClN3OS2. The lowest BCUT2D eigenvalue weighted by atomic mass is 10.4. The number of nitrogens with one attached hydrogen (secondary N) is 1. The van der Waals surface area contributed by atoms with Gasteiger partial charge in [-0.3, -0.25) is 10.1 Å². The van der Waals surface area contributed by atoms with Crippen molar-refractivity contribution >= 4 is 45.3 Å². The smallest absolute Gasteiger partial charge is 0.267 e. The van der Waals surface area contributed by atoms with Gasteiger partial charge in [-0.05, 0) is 12.1 Å². The fraction of sp³-hybridized carbons (Fsp3) is 0.0909. The van der Waals surface area contributed by atoms with Gasteiger partial charge in [0, 0.05) is 0 Å². The summed E-state index contributed by atoms with van der Waals surface area (Å²) in [6, 6.07) is 3.35. The Hall–Kier alpha value is -1.39. The molecule has 0 aliphatic heterocycles. The third-order valence-electron chi connectivity index (χ3n) is 1.84. The normalized spacial score (nSPS) is 9.67. The standard InChI is InChI=1S/C11H8ClN3OS2/c12-9-4-3-8(18-9)10(16)15-11-14-6-7(17-11)2-1-5-13/h3-4,6H,5,13H2,(H,14,15,16). The van der Waals surface area contributed by atoms with Crippen molar-refractivity contribution in [2.24, 2.45) is 5.73 Å². The molecule has 7 heteroatoms. The number of carbonyl (C=O) groups excluding carboxylic acids is 1. The number of thiazole rings is 1. The topological polar surface area (TPSA) is 68.0 Å². The Kier molecular flexibility index (Phi) is 4.33. The predicted molar refractivity (Wildman–Crippen MR) is 75.3 cm³/mol. The van der Waals surface area contributed by atoms with Gasteiger partial charge in [0.1, 0.15) is 0 Å². The van der Waals surface area contributed by atoms with Gasteiger partial charge < -0.3 is 5.73 Å². The Morgan fingerprint density at radius 1 is 1.50 bits per heavy atom. The summed E-state index contributed by atoms with van der Waals surface area (Å²) in [5.74, 6) is 5.36. The fourth-order valence-electron chi connectivity index (χ4n) is 1.12. The Balaban J connectivity index is 2.05. The first-order chi connectivity index (χ1) is 8.69. The highest BCUT2D eigenvalue weighted by molar-refractivity contribution is 7.18. The van der Waals surface area contributed by atoms with E-state index < -0.39 is 0 Å². The number of amides is 1. The van der Waals surface area contributed by atoms with Gasteiger partial charge in [0.2, 0.25) is 0 Å². The van der Waals surface area contributed by atoms with E-state index in [0.717, 1.165) is 4.88 Å². The van der Waals surface area contributed by atoms with Crippen molar-refractivity contribution < 1.29 is 4.79 Å². The molecule has 0 atom stereocenters. The van der Waals surface area contributed by atoms with E-state index >= 15 is 0 Å². The average Bonchev–Trinajstić information content (AvgIpc) is 2.96. The number of hydrogen-bond donors (Lipinski definition) is 2. The van der Waals surface area contributed by atoms with E-state index in [2.05, 4.69) is 22.1 Å². The molecule has 92 valence electrons. The van der Waals surface area contributed by atoms with Crippen LogP contribution in [0.3, 0.4) is 0 Å². The second kappa shape index (κ2) is 5.98.